The van der Waals surface area contributed by atoms with E-state index in [0.717, 1.165) is 22.3 Å². The number of rotatable bonds is 16. The van der Waals surface area contributed by atoms with Gasteiger partial charge in [-0.05, 0) is 83.1 Å². The van der Waals surface area contributed by atoms with Crippen LogP contribution in [0, 0.1) is 0 Å². The largest absolute Gasteiger partial charge is 0.533 e. The Balaban J connectivity index is 0.000000191. The zero-order valence-corrected chi connectivity index (χ0v) is 41.4. The highest BCUT2D eigenvalue weighted by atomic mass is 16.8. The van der Waals surface area contributed by atoms with Crippen molar-refractivity contribution in [3.8, 4) is 22.3 Å². The van der Waals surface area contributed by atoms with Crippen LogP contribution >= 0.6 is 0 Å². The van der Waals surface area contributed by atoms with E-state index in [1.807, 2.05) is 72.8 Å². The predicted molar refractivity (Wildman–Crippen MR) is 265 cm³/mol. The summed E-state index contributed by atoms with van der Waals surface area (Å²) in [5, 5.41) is 61.8. The molecule has 5 aliphatic rings. The number of amides is 2. The highest BCUT2D eigenvalue weighted by Gasteiger charge is 2.43. The van der Waals surface area contributed by atoms with Gasteiger partial charge in [-0.2, -0.15) is 0 Å². The summed E-state index contributed by atoms with van der Waals surface area (Å²) >= 11 is 0. The molecule has 9 rings (SSSR count). The summed E-state index contributed by atoms with van der Waals surface area (Å²) < 4.78 is 32.1. The van der Waals surface area contributed by atoms with E-state index >= 15 is 0 Å². The minimum atomic E-state index is -1.32. The van der Waals surface area contributed by atoms with Gasteiger partial charge in [0, 0.05) is 55.8 Å². The molecule has 0 radical (unpaired) electrons. The third-order valence-electron chi connectivity index (χ3n) is 13.3. The van der Waals surface area contributed by atoms with Crippen LogP contribution in [0.4, 0.5) is 4.79 Å². The van der Waals surface area contributed by atoms with Gasteiger partial charge in [-0.15, -0.1) is 0 Å². The Morgan fingerprint density at radius 3 is 1.43 bits per heavy atom. The number of imide groups is 1. The van der Waals surface area contributed by atoms with E-state index in [-0.39, 0.29) is 62.4 Å². The molecule has 4 unspecified atom stereocenters. The Morgan fingerprint density at radius 2 is 1.00 bits per heavy atom. The molecule has 22 nitrogen and oxygen atoms in total. The molecule has 2 aliphatic carbocycles. The standard InChI is InChI=1S/C25H30O7.C19H15NO5.C9H17N3O5.H2O/c1-15-22(27)23(28)24(29)25(32-15)30-13-7-6-12-21(26)31-14-20-18-10-4-2-8-16(18)17-9-3-5-11-19(17)20;21-17-9-10-18(22)20(17)25-19(23)24-11-16-14-7-3-1-5-12(14)13-6-2-4-8-15(13)16;1-5-6(13)7(14)8(15)9(17-5)16-4-2-3-11-12-10;/h2-5,8-11,15,20,22-25,27-29H,6-7,12-14H2,1H3;1-8,16H,9-11H2;5-9,13-15H,2-4H2,1H3;1H2/t15?,22-,23+,24?,25-;;5?,6-,7+,8?,9-;/m1.1./s1. The highest BCUT2D eigenvalue weighted by Crippen LogP contribution is 2.46. The first kappa shape index (κ1) is 57.9. The van der Waals surface area contributed by atoms with Gasteiger partial charge in [0.15, 0.2) is 12.6 Å². The van der Waals surface area contributed by atoms with Crippen LogP contribution in [-0.2, 0) is 47.6 Å². The maximum atomic E-state index is 12.3. The Kier molecular flexibility index (Phi) is 21.2. The molecule has 10 atom stereocenters. The van der Waals surface area contributed by atoms with Gasteiger partial charge in [0.2, 0.25) is 0 Å². The Morgan fingerprint density at radius 1 is 0.600 bits per heavy atom. The molecule has 4 aromatic carbocycles. The van der Waals surface area contributed by atoms with Gasteiger partial charge in [-0.1, -0.05) is 107 Å². The molecule has 75 heavy (non-hydrogen) atoms. The van der Waals surface area contributed by atoms with Crippen LogP contribution < -0.4 is 0 Å². The molecule has 3 saturated heterocycles. The summed E-state index contributed by atoms with van der Waals surface area (Å²) in [5.41, 5.74) is 17.2. The topological polar surface area (TPSA) is 338 Å². The minimum absolute atomic E-state index is 0. The summed E-state index contributed by atoms with van der Waals surface area (Å²) in [6.07, 6.45) is -9.78. The van der Waals surface area contributed by atoms with Crippen molar-refractivity contribution in [2.45, 2.75) is 126 Å². The monoisotopic (exact) mass is 1040 g/mol. The number of nitrogens with zero attached hydrogens (tertiary/aromatic N) is 4. The Labute approximate surface area is 432 Å². The lowest BCUT2D eigenvalue weighted by Crippen LogP contribution is -2.57. The van der Waals surface area contributed by atoms with Crippen LogP contribution in [-0.4, -0.2) is 160 Å². The van der Waals surface area contributed by atoms with Crippen molar-refractivity contribution in [2.24, 2.45) is 5.11 Å². The first-order valence-corrected chi connectivity index (χ1v) is 24.6. The molecule has 0 saturated carbocycles. The first-order valence-electron chi connectivity index (χ1n) is 24.6. The third-order valence-corrected chi connectivity index (χ3v) is 13.3. The third kappa shape index (κ3) is 14.1. The van der Waals surface area contributed by atoms with Gasteiger partial charge in [-0.25, -0.2) is 4.79 Å². The van der Waals surface area contributed by atoms with Crippen LogP contribution in [0.1, 0.15) is 86.5 Å². The number of unbranched alkanes of at least 4 members (excludes halogenated alkanes) is 1. The molecule has 0 bridgehead atoms. The lowest BCUT2D eigenvalue weighted by molar-refractivity contribution is -0.293. The number of ether oxygens (including phenoxy) is 6. The van der Waals surface area contributed by atoms with Crippen LogP contribution in [0.5, 0.6) is 0 Å². The maximum Gasteiger partial charge on any atom is 0.533 e. The highest BCUT2D eigenvalue weighted by molar-refractivity contribution is 6.01. The number of aliphatic hydroxyl groups excluding tert-OH is 6. The zero-order valence-electron chi connectivity index (χ0n) is 41.4. The molecule has 3 heterocycles. The smallest absolute Gasteiger partial charge is 0.465 e. The fraction of sp³-hybridized carbons (Fsp3) is 0.472. The molecule has 8 N–H and O–H groups in total. The molecule has 404 valence electrons. The molecule has 3 aliphatic heterocycles. The summed E-state index contributed by atoms with van der Waals surface area (Å²) in [7, 11) is 0. The summed E-state index contributed by atoms with van der Waals surface area (Å²) in [4.78, 5) is 54.4. The van der Waals surface area contributed by atoms with Crippen LogP contribution in [0.2, 0.25) is 0 Å². The van der Waals surface area contributed by atoms with Crippen molar-refractivity contribution in [2.75, 3.05) is 33.0 Å². The van der Waals surface area contributed by atoms with Crippen molar-refractivity contribution in [1.82, 2.24) is 5.06 Å². The molecular weight excluding hydrogens is 981 g/mol. The maximum absolute atomic E-state index is 12.3. The number of aliphatic hydroxyl groups is 6. The number of carbonyl (C=O) groups is 4. The van der Waals surface area contributed by atoms with Crippen LogP contribution in [0.25, 0.3) is 32.7 Å². The SMILES string of the molecule is CC1O[C@@H](OCCCCC(=O)OCC2c3ccccc3-c3ccccc32)C(O)[C@@H](O)[C@@H]1O.CC1O[C@@H](OCCCN=[N+]=[N-])C(O)[C@@H](O)[C@@H]1O.O.O=C(OCC1c2ccccc2-c2ccccc21)ON1C(=O)CCC1=O. The molecule has 3 fully saturated rings. The van der Waals surface area contributed by atoms with E-state index in [2.05, 4.69) is 34.3 Å². The average Bonchev–Trinajstić information content (AvgIpc) is 4.04. The fourth-order valence-corrected chi connectivity index (χ4v) is 9.29. The van der Waals surface area contributed by atoms with Gasteiger partial charge in [0.05, 0.1) is 12.2 Å². The molecular formula is C53H64N4O18. The minimum Gasteiger partial charge on any atom is -0.465 e. The summed E-state index contributed by atoms with van der Waals surface area (Å²) in [5.74, 6) is -1.38. The lowest BCUT2D eigenvalue weighted by Gasteiger charge is -2.38. The number of fused-ring (bicyclic) bond motifs is 6. The van der Waals surface area contributed by atoms with E-state index in [1.54, 1.807) is 13.8 Å². The Bertz CT molecular complexity index is 2510. The molecule has 4 aromatic rings. The zero-order chi connectivity index (χ0) is 52.9. The van der Waals surface area contributed by atoms with Crippen molar-refractivity contribution in [1.29, 1.82) is 0 Å². The summed E-state index contributed by atoms with van der Waals surface area (Å²) in [6.45, 7) is 4.35. The van der Waals surface area contributed by atoms with Gasteiger partial charge in [0.1, 0.15) is 49.8 Å². The van der Waals surface area contributed by atoms with Crippen molar-refractivity contribution < 1.29 is 88.6 Å². The van der Waals surface area contributed by atoms with Crippen molar-refractivity contribution in [3.63, 3.8) is 0 Å². The van der Waals surface area contributed by atoms with Gasteiger partial charge >= 0.3 is 12.1 Å². The number of hydrogen-bond acceptors (Lipinski definition) is 18. The van der Waals surface area contributed by atoms with Crippen LogP contribution in [0.3, 0.4) is 0 Å². The van der Waals surface area contributed by atoms with E-state index in [4.69, 9.17) is 38.8 Å². The summed E-state index contributed by atoms with van der Waals surface area (Å²) in [6, 6.07) is 32.3. The number of hydroxylamine groups is 2. The number of azide groups is 1. The second-order valence-corrected chi connectivity index (χ2v) is 18.2. The van der Waals surface area contributed by atoms with Gasteiger partial charge in [-0.3, -0.25) is 19.2 Å². The predicted octanol–water partition coefficient (Wildman–Crippen LogP) is 4.08. The molecule has 2 amide bonds. The normalized spacial score (nSPS) is 25.4. The number of carbonyl (C=O) groups excluding carboxylic acids is 4. The first-order chi connectivity index (χ1) is 35.7. The van der Waals surface area contributed by atoms with E-state index < -0.39 is 79.4 Å². The van der Waals surface area contributed by atoms with E-state index in [0.29, 0.717) is 37.5 Å². The van der Waals surface area contributed by atoms with E-state index in [1.165, 1.54) is 22.3 Å². The van der Waals surface area contributed by atoms with Gasteiger partial charge < -0.3 is 64.5 Å². The quantitative estimate of drug-likeness (QED) is 0.0230. The lowest BCUT2D eigenvalue weighted by atomic mass is 9.98. The van der Waals surface area contributed by atoms with E-state index in [9.17, 15) is 49.8 Å². The molecule has 0 aromatic heterocycles. The van der Waals surface area contributed by atoms with Crippen molar-refractivity contribution in [3.05, 3.63) is 130 Å². The number of esters is 1. The molecule has 0 spiro atoms. The average molecular weight is 1050 g/mol. The fourth-order valence-electron chi connectivity index (χ4n) is 9.29. The van der Waals surface area contributed by atoms with Crippen molar-refractivity contribution >= 4 is 23.9 Å². The van der Waals surface area contributed by atoms with Crippen LogP contribution in [0.15, 0.2) is 102 Å². The number of benzene rings is 4. The second-order valence-electron chi connectivity index (χ2n) is 18.2. The second kappa shape index (κ2) is 27.4. The number of hydrogen-bond donors (Lipinski definition) is 6. The Hall–Kier alpha value is -6.37. The molecule has 22 heteroatoms. The van der Waals surface area contributed by atoms with Gasteiger partial charge in [0.25, 0.3) is 11.8 Å².